The first-order valence-electron chi connectivity index (χ1n) is 11.9. The number of aldehydes is 1. The van der Waals surface area contributed by atoms with Gasteiger partial charge >= 0.3 is 0 Å². The second kappa shape index (κ2) is 13.3. The summed E-state index contributed by atoms with van der Waals surface area (Å²) < 4.78 is 24.2. The lowest BCUT2D eigenvalue weighted by Gasteiger charge is -2.32. The van der Waals surface area contributed by atoms with Crippen molar-refractivity contribution in [2.75, 3.05) is 13.2 Å². The number of aliphatic hydroxyl groups excluding tert-OH is 1. The summed E-state index contributed by atoms with van der Waals surface area (Å²) in [6.45, 7) is 1.51. The molecule has 3 aromatic carbocycles. The minimum absolute atomic E-state index is 0.208. The first-order chi connectivity index (χ1) is 17.2. The number of carbonyl (C=O) groups excluding carboxylic acids is 1. The van der Waals surface area contributed by atoms with Crippen molar-refractivity contribution in [3.63, 3.8) is 0 Å². The molecule has 0 radical (unpaired) electrons. The van der Waals surface area contributed by atoms with Crippen LogP contribution in [0.5, 0.6) is 0 Å². The molecule has 1 fully saturated rings. The Hall–Kier alpha value is -2.87. The molecule has 1 aliphatic heterocycles. The van der Waals surface area contributed by atoms with Crippen LogP contribution in [0.3, 0.4) is 0 Å². The third kappa shape index (κ3) is 7.31. The van der Waals surface area contributed by atoms with Crippen molar-refractivity contribution in [3.8, 4) is 0 Å². The molecule has 0 aliphatic carbocycles. The molecule has 1 heterocycles. The van der Waals surface area contributed by atoms with Gasteiger partial charge in [0, 0.05) is 5.92 Å². The lowest BCUT2D eigenvalue weighted by Crippen LogP contribution is -2.48. The SMILES string of the molecule is O=C[C@H]1OCC(COCc2ccccc2)[C@@H](OCc2ccccc2)C(O)C1OCc1ccccc1. The summed E-state index contributed by atoms with van der Waals surface area (Å²) in [5, 5.41) is 11.4. The van der Waals surface area contributed by atoms with Gasteiger partial charge in [-0.05, 0) is 16.7 Å². The average Bonchev–Trinajstić information content (AvgIpc) is 3.03. The summed E-state index contributed by atoms with van der Waals surface area (Å²) >= 11 is 0. The molecule has 6 heteroatoms. The molecule has 0 bridgehead atoms. The molecule has 0 spiro atoms. The zero-order valence-corrected chi connectivity index (χ0v) is 19.6. The zero-order valence-electron chi connectivity index (χ0n) is 19.6. The fraction of sp³-hybridized carbons (Fsp3) is 0.345. The van der Waals surface area contributed by atoms with Gasteiger partial charge in [-0.25, -0.2) is 0 Å². The monoisotopic (exact) mass is 476 g/mol. The van der Waals surface area contributed by atoms with Gasteiger partial charge in [0.1, 0.15) is 18.3 Å². The fourth-order valence-electron chi connectivity index (χ4n) is 4.21. The second-order valence-corrected chi connectivity index (χ2v) is 8.71. The molecule has 1 aliphatic rings. The maximum atomic E-state index is 11.9. The fourth-order valence-corrected chi connectivity index (χ4v) is 4.21. The van der Waals surface area contributed by atoms with Gasteiger partial charge in [-0.3, -0.25) is 0 Å². The van der Waals surface area contributed by atoms with Crippen LogP contribution in [0.1, 0.15) is 16.7 Å². The van der Waals surface area contributed by atoms with Crippen molar-refractivity contribution in [3.05, 3.63) is 108 Å². The molecule has 0 amide bonds. The van der Waals surface area contributed by atoms with Gasteiger partial charge in [0.15, 0.2) is 6.29 Å². The van der Waals surface area contributed by atoms with Crippen molar-refractivity contribution in [2.45, 2.75) is 44.2 Å². The lowest BCUT2D eigenvalue weighted by molar-refractivity contribution is -0.154. The van der Waals surface area contributed by atoms with Crippen LogP contribution in [0.2, 0.25) is 0 Å². The minimum Gasteiger partial charge on any atom is -0.388 e. The van der Waals surface area contributed by atoms with E-state index in [1.165, 1.54) is 0 Å². The van der Waals surface area contributed by atoms with Crippen LogP contribution < -0.4 is 0 Å². The van der Waals surface area contributed by atoms with Gasteiger partial charge < -0.3 is 28.8 Å². The Morgan fingerprint density at radius 1 is 0.743 bits per heavy atom. The Morgan fingerprint density at radius 3 is 1.74 bits per heavy atom. The van der Waals surface area contributed by atoms with Crippen LogP contribution in [0.4, 0.5) is 0 Å². The van der Waals surface area contributed by atoms with E-state index < -0.39 is 24.4 Å². The van der Waals surface area contributed by atoms with Crippen LogP contribution in [0.15, 0.2) is 91.0 Å². The van der Waals surface area contributed by atoms with Gasteiger partial charge in [-0.1, -0.05) is 91.0 Å². The van der Waals surface area contributed by atoms with Crippen molar-refractivity contribution in [1.29, 1.82) is 0 Å². The zero-order chi connectivity index (χ0) is 24.3. The molecule has 6 nitrogen and oxygen atoms in total. The highest BCUT2D eigenvalue weighted by Crippen LogP contribution is 2.27. The van der Waals surface area contributed by atoms with Crippen molar-refractivity contribution >= 4 is 6.29 Å². The van der Waals surface area contributed by atoms with Gasteiger partial charge in [-0.15, -0.1) is 0 Å². The largest absolute Gasteiger partial charge is 0.388 e. The number of hydrogen-bond acceptors (Lipinski definition) is 6. The summed E-state index contributed by atoms with van der Waals surface area (Å²) in [7, 11) is 0. The summed E-state index contributed by atoms with van der Waals surface area (Å²) in [6, 6.07) is 29.3. The van der Waals surface area contributed by atoms with E-state index in [1.54, 1.807) is 0 Å². The Morgan fingerprint density at radius 2 is 1.23 bits per heavy atom. The molecule has 1 saturated heterocycles. The number of hydrogen-bond donors (Lipinski definition) is 1. The van der Waals surface area contributed by atoms with E-state index in [4.69, 9.17) is 18.9 Å². The van der Waals surface area contributed by atoms with E-state index in [9.17, 15) is 9.90 Å². The molecule has 4 rings (SSSR count). The molecule has 184 valence electrons. The predicted octanol–water partition coefficient (Wildman–Crippen LogP) is 3.95. The van der Waals surface area contributed by atoms with Gasteiger partial charge in [0.05, 0.1) is 39.1 Å². The number of carbonyl (C=O) groups is 1. The van der Waals surface area contributed by atoms with Crippen LogP contribution in [-0.2, 0) is 43.6 Å². The molecule has 5 atom stereocenters. The Balaban J connectivity index is 1.48. The summed E-state index contributed by atoms with van der Waals surface area (Å²) in [5.74, 6) is -0.287. The molecule has 35 heavy (non-hydrogen) atoms. The summed E-state index contributed by atoms with van der Waals surface area (Å²) in [6.07, 6.45) is -2.80. The summed E-state index contributed by atoms with van der Waals surface area (Å²) in [5.41, 5.74) is 2.99. The number of aliphatic hydroxyl groups is 1. The molecule has 1 N–H and O–H groups in total. The van der Waals surface area contributed by atoms with Crippen LogP contribution >= 0.6 is 0 Å². The highest BCUT2D eigenvalue weighted by atomic mass is 16.6. The van der Waals surface area contributed by atoms with E-state index in [1.807, 2.05) is 91.0 Å². The van der Waals surface area contributed by atoms with Gasteiger partial charge in [-0.2, -0.15) is 0 Å². The third-order valence-electron chi connectivity index (χ3n) is 6.11. The minimum atomic E-state index is -1.08. The van der Waals surface area contributed by atoms with Gasteiger partial charge in [0.2, 0.25) is 0 Å². The van der Waals surface area contributed by atoms with Gasteiger partial charge in [0.25, 0.3) is 0 Å². The number of rotatable bonds is 11. The van der Waals surface area contributed by atoms with Crippen LogP contribution in [-0.4, -0.2) is 49.0 Å². The van der Waals surface area contributed by atoms with E-state index in [0.717, 1.165) is 16.7 Å². The first kappa shape index (κ1) is 25.2. The molecule has 3 aromatic rings. The quantitative estimate of drug-likeness (QED) is 0.423. The van der Waals surface area contributed by atoms with E-state index in [2.05, 4.69) is 0 Å². The normalized spacial score (nSPS) is 24.5. The Kier molecular flexibility index (Phi) is 9.57. The predicted molar refractivity (Wildman–Crippen MR) is 131 cm³/mol. The van der Waals surface area contributed by atoms with E-state index >= 15 is 0 Å². The summed E-state index contributed by atoms with van der Waals surface area (Å²) in [4.78, 5) is 11.9. The highest BCUT2D eigenvalue weighted by molar-refractivity contribution is 5.57. The van der Waals surface area contributed by atoms with Crippen LogP contribution in [0, 0.1) is 5.92 Å². The Bertz CT molecular complexity index is 997. The lowest BCUT2D eigenvalue weighted by atomic mass is 9.95. The van der Waals surface area contributed by atoms with Crippen LogP contribution in [0.25, 0.3) is 0 Å². The van der Waals surface area contributed by atoms with E-state index in [-0.39, 0.29) is 19.1 Å². The Labute approximate surface area is 206 Å². The highest BCUT2D eigenvalue weighted by Gasteiger charge is 2.43. The molecular formula is C29H32O6. The second-order valence-electron chi connectivity index (χ2n) is 8.71. The standard InChI is InChI=1S/C29H32O6/c30-16-26-29(35-19-24-14-8-3-9-15-24)27(31)28(34-18-23-12-6-2-7-13-23)25(21-33-26)20-32-17-22-10-4-1-5-11-22/h1-16,25-29,31H,17-21H2/t25?,26-,27?,28-,29?/m1/s1. The maximum Gasteiger partial charge on any atom is 0.151 e. The molecular weight excluding hydrogens is 444 g/mol. The molecule has 0 aromatic heterocycles. The van der Waals surface area contributed by atoms with E-state index in [0.29, 0.717) is 26.1 Å². The smallest absolute Gasteiger partial charge is 0.151 e. The van der Waals surface area contributed by atoms with Crippen molar-refractivity contribution in [1.82, 2.24) is 0 Å². The maximum absolute atomic E-state index is 11.9. The van der Waals surface area contributed by atoms with Crippen molar-refractivity contribution in [2.24, 2.45) is 5.92 Å². The molecule has 3 unspecified atom stereocenters. The number of ether oxygens (including phenoxy) is 4. The topological polar surface area (TPSA) is 74.2 Å². The average molecular weight is 477 g/mol. The third-order valence-corrected chi connectivity index (χ3v) is 6.11. The first-order valence-corrected chi connectivity index (χ1v) is 11.9. The number of benzene rings is 3. The molecule has 0 saturated carbocycles. The van der Waals surface area contributed by atoms with Crippen molar-refractivity contribution < 1.29 is 28.8 Å².